The van der Waals surface area contributed by atoms with Gasteiger partial charge in [-0.2, -0.15) is 0 Å². The van der Waals surface area contributed by atoms with Crippen LogP contribution >= 0.6 is 15.9 Å². The number of nitrogens with one attached hydrogen (secondary N) is 1. The summed E-state index contributed by atoms with van der Waals surface area (Å²) in [7, 11) is 0. The molecule has 0 radical (unpaired) electrons. The van der Waals surface area contributed by atoms with E-state index in [1.807, 2.05) is 0 Å². The van der Waals surface area contributed by atoms with Gasteiger partial charge in [0, 0.05) is 0 Å². The molecule has 1 fully saturated rings. The van der Waals surface area contributed by atoms with Crippen LogP contribution in [0, 0.1) is 0 Å². The smallest absolute Gasteiger partial charge is 0.212 e. The minimum atomic E-state index is 0.291. The van der Waals surface area contributed by atoms with Crippen molar-refractivity contribution in [1.29, 1.82) is 0 Å². The van der Waals surface area contributed by atoms with Gasteiger partial charge in [0.2, 0.25) is 5.89 Å². The summed E-state index contributed by atoms with van der Waals surface area (Å²) in [5.74, 6) is 0.825. The summed E-state index contributed by atoms with van der Waals surface area (Å²) in [5, 5.41) is 3.41. The predicted molar refractivity (Wildman–Crippen MR) is 71.1 cm³/mol. The van der Waals surface area contributed by atoms with Gasteiger partial charge in [0.25, 0.3) is 0 Å². The van der Waals surface area contributed by atoms with Crippen LogP contribution in [-0.2, 0) is 6.42 Å². The highest BCUT2D eigenvalue weighted by Gasteiger charge is 2.22. The molecule has 1 aromatic heterocycles. The summed E-state index contributed by atoms with van der Waals surface area (Å²) in [6.07, 6.45) is 3.33. The third-order valence-corrected chi connectivity index (χ3v) is 3.88. The maximum Gasteiger partial charge on any atom is 0.212 e. The van der Waals surface area contributed by atoms with Crippen LogP contribution in [0.25, 0.3) is 11.1 Å². The van der Waals surface area contributed by atoms with Crippen molar-refractivity contribution in [3.8, 4) is 0 Å². The van der Waals surface area contributed by atoms with Crippen molar-refractivity contribution < 1.29 is 4.42 Å². The first-order valence-corrected chi connectivity index (χ1v) is 6.89. The number of oxazole rings is 1. The maximum atomic E-state index is 5.86. The molecule has 3 nitrogen and oxygen atoms in total. The lowest BCUT2D eigenvalue weighted by atomic mass is 10.1. The fraction of sp³-hybridized carbons (Fsp3) is 0.462. The first-order valence-electron chi connectivity index (χ1n) is 6.10. The number of hydrogen-bond acceptors (Lipinski definition) is 3. The molecule has 1 unspecified atom stereocenters. The summed E-state index contributed by atoms with van der Waals surface area (Å²) in [6.45, 7) is 3.21. The number of aromatic nitrogens is 1. The normalized spacial score (nSPS) is 20.2. The Morgan fingerprint density at radius 2 is 2.41 bits per heavy atom. The highest BCUT2D eigenvalue weighted by molar-refractivity contribution is 9.10. The summed E-state index contributed by atoms with van der Waals surface area (Å²) in [6, 6.07) is 4.51. The minimum Gasteiger partial charge on any atom is -0.438 e. The summed E-state index contributed by atoms with van der Waals surface area (Å²) in [4.78, 5) is 4.61. The van der Waals surface area contributed by atoms with Crippen LogP contribution in [0.3, 0.4) is 0 Å². The van der Waals surface area contributed by atoms with Gasteiger partial charge >= 0.3 is 0 Å². The van der Waals surface area contributed by atoms with Gasteiger partial charge in [0.15, 0.2) is 5.58 Å². The Balaban J connectivity index is 2.08. The minimum absolute atomic E-state index is 0.291. The maximum absolute atomic E-state index is 5.86. The lowest BCUT2D eigenvalue weighted by molar-refractivity contribution is 0.451. The van der Waals surface area contributed by atoms with E-state index >= 15 is 0 Å². The molecule has 0 saturated carbocycles. The number of halogens is 1. The number of benzene rings is 1. The Hall–Kier alpha value is -0.870. The Labute approximate surface area is 109 Å². The predicted octanol–water partition coefficient (Wildman–Crippen LogP) is 3.58. The molecule has 1 aliphatic heterocycles. The zero-order chi connectivity index (χ0) is 11.8. The average Bonchev–Trinajstić information content (AvgIpc) is 2.96. The topological polar surface area (TPSA) is 38.1 Å². The number of hydrogen-bond donors (Lipinski definition) is 1. The van der Waals surface area contributed by atoms with Gasteiger partial charge in [0.1, 0.15) is 5.52 Å². The average molecular weight is 295 g/mol. The number of nitrogens with zero attached hydrogens (tertiary/aromatic N) is 1. The van der Waals surface area contributed by atoms with Crippen LogP contribution in [0.1, 0.15) is 37.3 Å². The van der Waals surface area contributed by atoms with Crippen molar-refractivity contribution in [3.63, 3.8) is 0 Å². The lowest BCUT2D eigenvalue weighted by Crippen LogP contribution is -2.12. The molecule has 2 heterocycles. The van der Waals surface area contributed by atoms with Crippen LogP contribution in [0.4, 0.5) is 0 Å². The van der Waals surface area contributed by atoms with E-state index in [1.165, 1.54) is 12.0 Å². The highest BCUT2D eigenvalue weighted by atomic mass is 79.9. The molecule has 4 heteroatoms. The van der Waals surface area contributed by atoms with Crippen molar-refractivity contribution in [2.45, 2.75) is 32.2 Å². The molecular formula is C13H15BrN2O. The molecule has 0 aliphatic carbocycles. The van der Waals surface area contributed by atoms with E-state index in [1.54, 1.807) is 0 Å². The van der Waals surface area contributed by atoms with Gasteiger partial charge in [-0.05, 0) is 59.4 Å². The van der Waals surface area contributed by atoms with Gasteiger partial charge in [-0.3, -0.25) is 0 Å². The van der Waals surface area contributed by atoms with Crippen molar-refractivity contribution >= 4 is 27.0 Å². The van der Waals surface area contributed by atoms with Gasteiger partial charge in [-0.25, -0.2) is 4.98 Å². The van der Waals surface area contributed by atoms with E-state index in [9.17, 15) is 0 Å². The van der Waals surface area contributed by atoms with Crippen molar-refractivity contribution in [2.24, 2.45) is 0 Å². The molecule has 1 saturated heterocycles. The molecular weight excluding hydrogens is 280 g/mol. The van der Waals surface area contributed by atoms with Gasteiger partial charge in [0.05, 0.1) is 10.5 Å². The molecule has 1 aromatic carbocycles. The molecule has 1 atom stereocenters. The summed E-state index contributed by atoms with van der Waals surface area (Å²) < 4.78 is 6.87. The molecule has 17 heavy (non-hydrogen) atoms. The van der Waals surface area contributed by atoms with E-state index in [2.05, 4.69) is 45.3 Å². The van der Waals surface area contributed by atoms with Crippen LogP contribution in [0.15, 0.2) is 21.0 Å². The molecule has 3 rings (SSSR count). The van der Waals surface area contributed by atoms with Crippen LogP contribution in [0.5, 0.6) is 0 Å². The second kappa shape index (κ2) is 4.42. The Bertz CT molecular complexity index is 544. The van der Waals surface area contributed by atoms with E-state index < -0.39 is 0 Å². The second-order valence-electron chi connectivity index (χ2n) is 4.48. The second-order valence-corrected chi connectivity index (χ2v) is 5.33. The Morgan fingerprint density at radius 1 is 1.53 bits per heavy atom. The quantitative estimate of drug-likeness (QED) is 0.920. The van der Waals surface area contributed by atoms with E-state index in [-0.39, 0.29) is 0 Å². The van der Waals surface area contributed by atoms with E-state index in [0.717, 1.165) is 40.8 Å². The number of rotatable bonds is 2. The van der Waals surface area contributed by atoms with Crippen LogP contribution < -0.4 is 5.32 Å². The van der Waals surface area contributed by atoms with Gasteiger partial charge in [-0.15, -0.1) is 0 Å². The number of fused-ring (bicyclic) bond motifs is 1. The van der Waals surface area contributed by atoms with Crippen molar-refractivity contribution in [3.05, 3.63) is 28.1 Å². The van der Waals surface area contributed by atoms with Gasteiger partial charge in [-0.1, -0.05) is 6.92 Å². The Morgan fingerprint density at radius 3 is 3.12 bits per heavy atom. The lowest BCUT2D eigenvalue weighted by Gasteiger charge is -2.02. The largest absolute Gasteiger partial charge is 0.438 e. The molecule has 2 aromatic rings. The molecule has 0 spiro atoms. The summed E-state index contributed by atoms with van der Waals surface area (Å²) >= 11 is 3.56. The van der Waals surface area contributed by atoms with Gasteiger partial charge < -0.3 is 9.73 Å². The zero-order valence-corrected chi connectivity index (χ0v) is 11.4. The molecule has 1 N–H and O–H groups in total. The molecule has 0 amide bonds. The monoisotopic (exact) mass is 294 g/mol. The van der Waals surface area contributed by atoms with Crippen molar-refractivity contribution in [1.82, 2.24) is 10.3 Å². The molecule has 0 bridgehead atoms. The first-order chi connectivity index (χ1) is 8.28. The van der Waals surface area contributed by atoms with E-state index in [0.29, 0.717) is 6.04 Å². The third kappa shape index (κ3) is 2.00. The standard InChI is InChI=1S/C13H15BrN2O/c1-2-8-6-9(14)12-11(7-8)16-13(17-12)10-4-3-5-15-10/h6-7,10,15H,2-5H2,1H3. The summed E-state index contributed by atoms with van der Waals surface area (Å²) in [5.41, 5.74) is 3.11. The SMILES string of the molecule is CCc1cc(Br)c2oc(C3CCCN3)nc2c1. The highest BCUT2D eigenvalue weighted by Crippen LogP contribution is 2.31. The Kier molecular flexibility index (Phi) is 2.92. The van der Waals surface area contributed by atoms with Crippen molar-refractivity contribution in [2.75, 3.05) is 6.54 Å². The van der Waals surface area contributed by atoms with Crippen LogP contribution in [0.2, 0.25) is 0 Å². The molecule has 90 valence electrons. The fourth-order valence-electron chi connectivity index (χ4n) is 2.31. The molecule has 1 aliphatic rings. The third-order valence-electron chi connectivity index (χ3n) is 3.29. The van der Waals surface area contributed by atoms with E-state index in [4.69, 9.17) is 4.42 Å². The van der Waals surface area contributed by atoms with Crippen LogP contribution in [-0.4, -0.2) is 11.5 Å². The number of aryl methyl sites for hydroxylation is 1. The fourth-order valence-corrected chi connectivity index (χ4v) is 2.89. The first kappa shape index (κ1) is 11.2. The zero-order valence-electron chi connectivity index (χ0n) is 9.79.